The van der Waals surface area contributed by atoms with Crippen LogP contribution in [0.25, 0.3) is 0 Å². The number of ketones is 1. The highest BCUT2D eigenvalue weighted by Gasteiger charge is 2.29. The Morgan fingerprint density at radius 1 is 1.41 bits per heavy atom. The van der Waals surface area contributed by atoms with Crippen LogP contribution < -0.4 is 0 Å². The van der Waals surface area contributed by atoms with E-state index in [4.69, 9.17) is 0 Å². The average Bonchev–Trinajstić information content (AvgIpc) is 2.58. The Balaban J connectivity index is 2.12. The maximum atomic E-state index is 12.9. The molecule has 0 aromatic heterocycles. The fourth-order valence-corrected chi connectivity index (χ4v) is 3.26. The van der Waals surface area contributed by atoms with Gasteiger partial charge in [-0.1, -0.05) is 12.1 Å². The van der Waals surface area contributed by atoms with Gasteiger partial charge >= 0.3 is 0 Å². The molecule has 6 heteroatoms. The van der Waals surface area contributed by atoms with E-state index in [-0.39, 0.29) is 23.6 Å². The minimum atomic E-state index is -3.28. The molecule has 4 nitrogen and oxygen atoms in total. The highest BCUT2D eigenvalue weighted by molar-refractivity contribution is 7.89. The predicted molar refractivity (Wildman–Crippen MR) is 60.7 cm³/mol. The summed E-state index contributed by atoms with van der Waals surface area (Å²) in [5, 5.41) is 0. The molecule has 0 radical (unpaired) electrons. The molecule has 1 saturated heterocycles. The third-order valence-electron chi connectivity index (χ3n) is 2.67. The van der Waals surface area contributed by atoms with Gasteiger partial charge in [0.15, 0.2) is 5.78 Å². The van der Waals surface area contributed by atoms with E-state index in [1.807, 2.05) is 0 Å². The second-order valence-electron chi connectivity index (χ2n) is 3.94. The maximum absolute atomic E-state index is 12.9. The van der Waals surface area contributed by atoms with Gasteiger partial charge in [-0.15, -0.1) is 0 Å². The minimum Gasteiger partial charge on any atom is -0.293 e. The van der Waals surface area contributed by atoms with E-state index in [0.717, 1.165) is 10.4 Å². The van der Waals surface area contributed by atoms with Crippen LogP contribution in [-0.4, -0.2) is 37.3 Å². The van der Waals surface area contributed by atoms with E-state index in [1.165, 1.54) is 18.2 Å². The molecule has 2 rings (SSSR count). The van der Waals surface area contributed by atoms with Gasteiger partial charge in [0.1, 0.15) is 5.82 Å². The van der Waals surface area contributed by atoms with Crippen LogP contribution in [0.15, 0.2) is 24.3 Å². The number of carbonyl (C=O) groups is 1. The molecule has 1 aromatic carbocycles. The van der Waals surface area contributed by atoms with Gasteiger partial charge in [-0.05, 0) is 18.6 Å². The van der Waals surface area contributed by atoms with Crippen molar-refractivity contribution in [1.29, 1.82) is 0 Å². The van der Waals surface area contributed by atoms with Gasteiger partial charge in [-0.3, -0.25) is 4.79 Å². The van der Waals surface area contributed by atoms with Crippen molar-refractivity contribution < 1.29 is 17.6 Å². The van der Waals surface area contributed by atoms with Crippen molar-refractivity contribution in [3.8, 4) is 0 Å². The third-order valence-corrected chi connectivity index (χ3v) is 4.57. The molecule has 92 valence electrons. The zero-order chi connectivity index (χ0) is 12.5. The molecular weight excluding hydrogens is 245 g/mol. The second kappa shape index (κ2) is 4.54. The Morgan fingerprint density at radius 3 is 2.76 bits per heavy atom. The molecule has 1 aliphatic rings. The van der Waals surface area contributed by atoms with Gasteiger partial charge in [0.25, 0.3) is 0 Å². The standard InChI is InChI=1S/C11H12FNO3S/c12-10-4-1-3-9(7-10)11(14)8-13-5-2-6-17(13,15)16/h1,3-4,7H,2,5-6,8H2. The highest BCUT2D eigenvalue weighted by Crippen LogP contribution is 2.14. The van der Waals surface area contributed by atoms with E-state index in [9.17, 15) is 17.6 Å². The SMILES string of the molecule is O=C(CN1CCCS1(=O)=O)c1cccc(F)c1. The molecule has 0 aliphatic carbocycles. The van der Waals surface area contributed by atoms with E-state index in [0.29, 0.717) is 13.0 Å². The molecule has 17 heavy (non-hydrogen) atoms. The lowest BCUT2D eigenvalue weighted by Gasteiger charge is -2.12. The van der Waals surface area contributed by atoms with Crippen molar-refractivity contribution in [2.45, 2.75) is 6.42 Å². The summed E-state index contributed by atoms with van der Waals surface area (Å²) in [6.07, 6.45) is 0.540. The molecular formula is C11H12FNO3S. The van der Waals surface area contributed by atoms with Crippen LogP contribution in [0.4, 0.5) is 4.39 Å². The van der Waals surface area contributed by atoms with Crippen LogP contribution in [0.5, 0.6) is 0 Å². The fraction of sp³-hybridized carbons (Fsp3) is 0.364. The fourth-order valence-electron chi connectivity index (χ4n) is 1.78. The van der Waals surface area contributed by atoms with Crippen LogP contribution in [-0.2, 0) is 10.0 Å². The Bertz CT molecular complexity index is 541. The molecule has 0 saturated carbocycles. The van der Waals surface area contributed by atoms with Crippen LogP contribution in [0.3, 0.4) is 0 Å². The van der Waals surface area contributed by atoms with Gasteiger partial charge in [0, 0.05) is 12.1 Å². The lowest BCUT2D eigenvalue weighted by Crippen LogP contribution is -2.31. The summed E-state index contributed by atoms with van der Waals surface area (Å²) < 4.78 is 37.1. The van der Waals surface area contributed by atoms with Crippen LogP contribution in [0, 0.1) is 5.82 Å². The number of sulfonamides is 1. The first kappa shape index (κ1) is 12.2. The largest absolute Gasteiger partial charge is 0.293 e. The van der Waals surface area contributed by atoms with Gasteiger partial charge in [0.2, 0.25) is 10.0 Å². The molecule has 1 fully saturated rings. The molecule has 1 aromatic rings. The van der Waals surface area contributed by atoms with Crippen LogP contribution in [0.1, 0.15) is 16.8 Å². The third kappa shape index (κ3) is 2.70. The smallest absolute Gasteiger partial charge is 0.214 e. The summed E-state index contributed by atoms with van der Waals surface area (Å²) >= 11 is 0. The first-order chi connectivity index (χ1) is 7.99. The van der Waals surface area contributed by atoms with Crippen molar-refractivity contribution in [1.82, 2.24) is 4.31 Å². The Kier molecular flexibility index (Phi) is 3.26. The predicted octanol–water partition coefficient (Wildman–Crippen LogP) is 1.04. The Morgan fingerprint density at radius 2 is 2.18 bits per heavy atom. The van der Waals surface area contributed by atoms with Crippen molar-refractivity contribution >= 4 is 15.8 Å². The first-order valence-corrected chi connectivity index (χ1v) is 6.86. The number of carbonyl (C=O) groups excluding carboxylic acids is 1. The lowest BCUT2D eigenvalue weighted by molar-refractivity contribution is 0.0968. The number of rotatable bonds is 3. The van der Waals surface area contributed by atoms with Gasteiger partial charge in [0.05, 0.1) is 12.3 Å². The van der Waals surface area contributed by atoms with E-state index in [1.54, 1.807) is 0 Å². The monoisotopic (exact) mass is 257 g/mol. The lowest BCUT2D eigenvalue weighted by atomic mass is 10.1. The quantitative estimate of drug-likeness (QED) is 0.760. The summed E-state index contributed by atoms with van der Waals surface area (Å²) in [6, 6.07) is 5.27. The number of halogens is 1. The molecule has 0 bridgehead atoms. The van der Waals surface area contributed by atoms with Crippen molar-refractivity contribution in [3.63, 3.8) is 0 Å². The Labute approximate surface area is 99.1 Å². The molecule has 0 N–H and O–H groups in total. The van der Waals surface area contributed by atoms with E-state index < -0.39 is 15.8 Å². The van der Waals surface area contributed by atoms with Crippen molar-refractivity contribution in [2.75, 3.05) is 18.8 Å². The first-order valence-electron chi connectivity index (χ1n) is 5.26. The second-order valence-corrected chi connectivity index (χ2v) is 6.03. The van der Waals surface area contributed by atoms with E-state index in [2.05, 4.69) is 0 Å². The maximum Gasteiger partial charge on any atom is 0.214 e. The normalized spacial score (nSPS) is 19.4. The molecule has 0 amide bonds. The minimum absolute atomic E-state index is 0.0867. The average molecular weight is 257 g/mol. The topological polar surface area (TPSA) is 54.5 Å². The van der Waals surface area contributed by atoms with Gasteiger partial charge in [-0.2, -0.15) is 4.31 Å². The number of nitrogens with zero attached hydrogens (tertiary/aromatic N) is 1. The Hall–Kier alpha value is -1.27. The van der Waals surface area contributed by atoms with Crippen LogP contribution in [0.2, 0.25) is 0 Å². The number of benzene rings is 1. The van der Waals surface area contributed by atoms with Gasteiger partial charge < -0.3 is 0 Å². The zero-order valence-corrected chi connectivity index (χ0v) is 9.91. The summed E-state index contributed by atoms with van der Waals surface area (Å²) in [7, 11) is -3.28. The summed E-state index contributed by atoms with van der Waals surface area (Å²) in [5.41, 5.74) is 0.201. The number of hydrogen-bond donors (Lipinski definition) is 0. The molecule has 0 spiro atoms. The van der Waals surface area contributed by atoms with Crippen molar-refractivity contribution in [2.24, 2.45) is 0 Å². The summed E-state index contributed by atoms with van der Waals surface area (Å²) in [5.74, 6) is -0.793. The summed E-state index contributed by atoms with van der Waals surface area (Å²) in [6.45, 7) is 0.162. The highest BCUT2D eigenvalue weighted by atomic mass is 32.2. The van der Waals surface area contributed by atoms with Crippen LogP contribution >= 0.6 is 0 Å². The molecule has 0 atom stereocenters. The number of Topliss-reactive ketones (excluding diaryl/α,β-unsaturated/α-hetero) is 1. The van der Waals surface area contributed by atoms with Crippen molar-refractivity contribution in [3.05, 3.63) is 35.6 Å². The van der Waals surface area contributed by atoms with E-state index >= 15 is 0 Å². The molecule has 1 heterocycles. The molecule has 0 unspecified atom stereocenters. The molecule has 1 aliphatic heterocycles. The summed E-state index contributed by atoms with van der Waals surface area (Å²) in [4.78, 5) is 11.8. The van der Waals surface area contributed by atoms with Gasteiger partial charge in [-0.25, -0.2) is 12.8 Å². The zero-order valence-electron chi connectivity index (χ0n) is 9.10. The number of hydrogen-bond acceptors (Lipinski definition) is 3.